The van der Waals surface area contributed by atoms with Gasteiger partial charge in [-0.3, -0.25) is 0 Å². The highest BCUT2D eigenvalue weighted by Gasteiger charge is 2.59. The van der Waals surface area contributed by atoms with Crippen molar-refractivity contribution in [2.45, 2.75) is 44.7 Å². The van der Waals surface area contributed by atoms with Crippen molar-refractivity contribution >= 4 is 11.3 Å². The topological polar surface area (TPSA) is 37.8 Å². The molecule has 110 valence electrons. The van der Waals surface area contributed by atoms with Crippen LogP contribution in [0.25, 0.3) is 0 Å². The van der Waals surface area contributed by atoms with Crippen molar-refractivity contribution in [1.29, 1.82) is 0 Å². The molecule has 0 aliphatic rings. The van der Waals surface area contributed by atoms with Crippen molar-refractivity contribution in [1.82, 2.24) is 15.5 Å². The summed E-state index contributed by atoms with van der Waals surface area (Å²) in [6, 6.07) is 0.0355. The Labute approximate surface area is 109 Å². The van der Waals surface area contributed by atoms with E-state index < -0.39 is 23.3 Å². The zero-order chi connectivity index (χ0) is 14.8. The van der Waals surface area contributed by atoms with Crippen molar-refractivity contribution in [3.63, 3.8) is 0 Å². The average molecular weight is 307 g/mol. The number of nitrogens with zero attached hydrogens (tertiary/aromatic N) is 2. The monoisotopic (exact) mass is 307 g/mol. The highest BCUT2D eigenvalue weighted by Crippen LogP contribution is 2.46. The van der Waals surface area contributed by atoms with Crippen LogP contribution in [-0.4, -0.2) is 28.6 Å². The lowest BCUT2D eigenvalue weighted by atomic mass is 10.1. The van der Waals surface area contributed by atoms with E-state index in [-0.39, 0.29) is 17.6 Å². The molecule has 0 aliphatic carbocycles. The lowest BCUT2D eigenvalue weighted by molar-refractivity contribution is -0.253. The lowest BCUT2D eigenvalue weighted by Crippen LogP contribution is -2.34. The molecule has 0 spiro atoms. The molecule has 10 heteroatoms. The Morgan fingerprint density at radius 3 is 2.00 bits per heavy atom. The molecule has 0 unspecified atom stereocenters. The summed E-state index contributed by atoms with van der Waals surface area (Å²) in [5, 5.41) is 8.20. The molecule has 19 heavy (non-hydrogen) atoms. The van der Waals surface area contributed by atoms with Gasteiger partial charge in [-0.15, -0.1) is 10.2 Å². The van der Waals surface area contributed by atoms with Crippen LogP contribution in [0.1, 0.15) is 29.8 Å². The standard InChI is InChI=1S/C9H11F6N3S/c1-4(2)16-3-5-17-18-7(19-5)6(8(10,11)12)9(13,14)15/h4,6,16H,3H2,1-2H3. The first-order valence-electron chi connectivity index (χ1n) is 5.21. The minimum atomic E-state index is -5.43. The van der Waals surface area contributed by atoms with Crippen LogP contribution in [-0.2, 0) is 6.54 Å². The van der Waals surface area contributed by atoms with E-state index in [1.807, 2.05) is 0 Å². The second-order valence-corrected chi connectivity index (χ2v) is 5.18. The van der Waals surface area contributed by atoms with E-state index in [0.717, 1.165) is 0 Å². The molecule has 1 N–H and O–H groups in total. The molecule has 0 amide bonds. The van der Waals surface area contributed by atoms with Crippen molar-refractivity contribution in [3.8, 4) is 0 Å². The molecular weight excluding hydrogens is 296 g/mol. The van der Waals surface area contributed by atoms with Gasteiger partial charge in [0.15, 0.2) is 0 Å². The van der Waals surface area contributed by atoms with Gasteiger partial charge in [-0.05, 0) is 0 Å². The Balaban J connectivity index is 2.93. The number of hydrogen-bond acceptors (Lipinski definition) is 4. The number of alkyl halides is 6. The summed E-state index contributed by atoms with van der Waals surface area (Å²) in [5.74, 6) is -3.58. The summed E-state index contributed by atoms with van der Waals surface area (Å²) < 4.78 is 74.6. The molecule has 0 radical (unpaired) electrons. The maximum atomic E-state index is 12.4. The summed E-state index contributed by atoms with van der Waals surface area (Å²) >= 11 is 0.312. The third kappa shape index (κ3) is 4.60. The highest BCUT2D eigenvalue weighted by atomic mass is 32.1. The fourth-order valence-electron chi connectivity index (χ4n) is 1.21. The van der Waals surface area contributed by atoms with Crippen LogP contribution < -0.4 is 5.32 Å². The van der Waals surface area contributed by atoms with Crippen LogP contribution in [0.3, 0.4) is 0 Å². The zero-order valence-electron chi connectivity index (χ0n) is 9.93. The van der Waals surface area contributed by atoms with Gasteiger partial charge < -0.3 is 5.32 Å². The molecular formula is C9H11F6N3S. The fourth-order valence-corrected chi connectivity index (χ4v) is 2.16. The number of halogens is 6. The molecule has 0 fully saturated rings. The summed E-state index contributed by atoms with van der Waals surface area (Å²) in [5.41, 5.74) is 0. The maximum Gasteiger partial charge on any atom is 0.406 e. The Kier molecular flexibility index (Phi) is 4.77. The molecule has 1 rings (SSSR count). The largest absolute Gasteiger partial charge is 0.406 e. The minimum Gasteiger partial charge on any atom is -0.308 e. The predicted molar refractivity (Wildman–Crippen MR) is 56.7 cm³/mol. The molecule has 0 bridgehead atoms. The van der Waals surface area contributed by atoms with Crippen LogP contribution in [0.15, 0.2) is 0 Å². The molecule has 1 heterocycles. The van der Waals surface area contributed by atoms with Crippen molar-refractivity contribution in [2.75, 3.05) is 0 Å². The van der Waals surface area contributed by atoms with Crippen LogP contribution in [0.5, 0.6) is 0 Å². The highest BCUT2D eigenvalue weighted by molar-refractivity contribution is 7.11. The molecule has 0 aromatic carbocycles. The second kappa shape index (κ2) is 5.61. The van der Waals surface area contributed by atoms with E-state index in [2.05, 4.69) is 15.5 Å². The molecule has 0 saturated carbocycles. The average Bonchev–Trinajstić information content (AvgIpc) is 2.58. The molecule has 0 atom stereocenters. The first-order chi connectivity index (χ1) is 8.51. The van der Waals surface area contributed by atoms with Gasteiger partial charge in [-0.1, -0.05) is 25.2 Å². The first kappa shape index (κ1) is 16.2. The molecule has 1 aromatic heterocycles. The first-order valence-corrected chi connectivity index (χ1v) is 6.02. The number of aromatic nitrogens is 2. The zero-order valence-corrected chi connectivity index (χ0v) is 10.7. The van der Waals surface area contributed by atoms with Crippen LogP contribution >= 0.6 is 11.3 Å². The van der Waals surface area contributed by atoms with E-state index in [0.29, 0.717) is 11.3 Å². The molecule has 3 nitrogen and oxygen atoms in total. The van der Waals surface area contributed by atoms with E-state index in [4.69, 9.17) is 0 Å². The van der Waals surface area contributed by atoms with E-state index in [1.165, 1.54) is 0 Å². The maximum absolute atomic E-state index is 12.4. The third-order valence-corrected chi connectivity index (χ3v) is 3.03. The Bertz CT molecular complexity index is 397. The number of rotatable bonds is 4. The van der Waals surface area contributed by atoms with Crippen LogP contribution in [0.4, 0.5) is 26.3 Å². The number of hydrogen-bond donors (Lipinski definition) is 1. The van der Waals surface area contributed by atoms with Crippen LogP contribution in [0, 0.1) is 0 Å². The lowest BCUT2D eigenvalue weighted by Gasteiger charge is -2.20. The Morgan fingerprint density at radius 2 is 1.58 bits per heavy atom. The van der Waals surface area contributed by atoms with E-state index >= 15 is 0 Å². The van der Waals surface area contributed by atoms with E-state index in [1.54, 1.807) is 13.8 Å². The second-order valence-electron chi connectivity index (χ2n) is 4.09. The smallest absolute Gasteiger partial charge is 0.308 e. The van der Waals surface area contributed by atoms with E-state index in [9.17, 15) is 26.3 Å². The molecule has 0 aliphatic heterocycles. The van der Waals surface area contributed by atoms with Gasteiger partial charge in [0, 0.05) is 12.6 Å². The Hall–Kier alpha value is -0.900. The van der Waals surface area contributed by atoms with Gasteiger partial charge in [-0.25, -0.2) is 0 Å². The molecule has 1 aromatic rings. The summed E-state index contributed by atoms with van der Waals surface area (Å²) in [6.07, 6.45) is -10.9. The van der Waals surface area contributed by atoms with Crippen molar-refractivity contribution in [2.24, 2.45) is 0 Å². The fraction of sp³-hybridized carbons (Fsp3) is 0.778. The third-order valence-electron chi connectivity index (χ3n) is 2.05. The normalized spacial score (nSPS) is 13.6. The van der Waals surface area contributed by atoms with Crippen molar-refractivity contribution < 1.29 is 26.3 Å². The van der Waals surface area contributed by atoms with Gasteiger partial charge in [0.2, 0.25) is 5.92 Å². The summed E-state index contributed by atoms with van der Waals surface area (Å²) in [7, 11) is 0. The Morgan fingerprint density at radius 1 is 1.05 bits per heavy atom. The van der Waals surface area contributed by atoms with Gasteiger partial charge in [-0.2, -0.15) is 26.3 Å². The van der Waals surface area contributed by atoms with Gasteiger partial charge >= 0.3 is 12.4 Å². The number of nitrogens with one attached hydrogen (secondary N) is 1. The van der Waals surface area contributed by atoms with Crippen molar-refractivity contribution in [3.05, 3.63) is 10.0 Å². The quantitative estimate of drug-likeness (QED) is 0.868. The van der Waals surface area contributed by atoms with Gasteiger partial charge in [0.25, 0.3) is 0 Å². The minimum absolute atomic E-state index is 0.0355. The predicted octanol–water partition coefficient (Wildman–Crippen LogP) is 3.24. The van der Waals surface area contributed by atoms with Crippen LogP contribution in [0.2, 0.25) is 0 Å². The summed E-state index contributed by atoms with van der Waals surface area (Å²) in [6.45, 7) is 3.66. The van der Waals surface area contributed by atoms with Gasteiger partial charge in [0.1, 0.15) is 10.0 Å². The van der Waals surface area contributed by atoms with Gasteiger partial charge in [0.05, 0.1) is 0 Å². The molecule has 0 saturated heterocycles. The SMILES string of the molecule is CC(C)NCc1nnc(C(C(F)(F)F)C(F)(F)F)s1. The summed E-state index contributed by atoms with van der Waals surface area (Å²) in [4.78, 5) is 0.